The Labute approximate surface area is 239 Å². The molecule has 208 valence electrons. The minimum Gasteiger partial charge on any atom is -0.485 e. The predicted octanol–water partition coefficient (Wildman–Crippen LogP) is 8.18. The molecule has 2 heterocycles. The number of hydrogen-bond donors (Lipinski definition) is 0. The first kappa shape index (κ1) is 27.6. The summed E-state index contributed by atoms with van der Waals surface area (Å²) in [6.45, 7) is 10.8. The topological polar surface area (TPSA) is 56.6 Å². The molecule has 0 saturated heterocycles. The molecule has 0 amide bonds. The zero-order valence-corrected chi connectivity index (χ0v) is 23.4. The van der Waals surface area contributed by atoms with Crippen molar-refractivity contribution in [3.63, 3.8) is 0 Å². The summed E-state index contributed by atoms with van der Waals surface area (Å²) >= 11 is 0. The molecule has 41 heavy (non-hydrogen) atoms. The lowest BCUT2D eigenvalue weighted by Crippen LogP contribution is -2.13. The molecule has 0 spiro atoms. The number of para-hydroxylation sites is 1. The Hall–Kier alpha value is -4.91. The van der Waals surface area contributed by atoms with Crippen molar-refractivity contribution in [2.75, 3.05) is 11.7 Å². The summed E-state index contributed by atoms with van der Waals surface area (Å²) < 4.78 is 28.6. The quantitative estimate of drug-likeness (QED) is 0.0999. The third-order valence-corrected chi connectivity index (χ3v) is 7.11. The van der Waals surface area contributed by atoms with E-state index < -0.39 is 5.97 Å². The van der Waals surface area contributed by atoms with Crippen molar-refractivity contribution in [1.29, 1.82) is 0 Å². The van der Waals surface area contributed by atoms with Gasteiger partial charge in [-0.1, -0.05) is 59.6 Å². The highest BCUT2D eigenvalue weighted by Crippen LogP contribution is 2.37. The Kier molecular flexibility index (Phi) is 8.15. The smallest absolute Gasteiger partial charge is 0.345 e. The minimum atomic E-state index is -0.582. The van der Waals surface area contributed by atoms with Crippen LogP contribution in [0.3, 0.4) is 0 Å². The lowest BCUT2D eigenvalue weighted by Gasteiger charge is -2.17. The molecule has 3 aromatic carbocycles. The summed E-state index contributed by atoms with van der Waals surface area (Å²) in [5.41, 5.74) is 6.04. The number of benzene rings is 3. The van der Waals surface area contributed by atoms with Crippen molar-refractivity contribution in [3.8, 4) is 22.8 Å². The van der Waals surface area contributed by atoms with Crippen LogP contribution in [0.5, 0.6) is 11.5 Å². The number of ether oxygens (including phenoxy) is 2. The number of esters is 1. The summed E-state index contributed by atoms with van der Waals surface area (Å²) in [6.07, 6.45) is 3.44. The first-order chi connectivity index (χ1) is 19.9. The van der Waals surface area contributed by atoms with Gasteiger partial charge in [-0.05, 0) is 62.2 Å². The van der Waals surface area contributed by atoms with Gasteiger partial charge in [0, 0.05) is 47.5 Å². The first-order valence-electron chi connectivity index (χ1n) is 13.6. The van der Waals surface area contributed by atoms with Gasteiger partial charge in [-0.3, -0.25) is 4.98 Å². The van der Waals surface area contributed by atoms with E-state index in [4.69, 9.17) is 9.47 Å². The first-order valence-corrected chi connectivity index (χ1v) is 13.6. The van der Waals surface area contributed by atoms with Gasteiger partial charge in [0.2, 0.25) is 0 Å². The Morgan fingerprint density at radius 3 is 2.54 bits per heavy atom. The molecule has 0 N–H and O–H groups in total. The van der Waals surface area contributed by atoms with Gasteiger partial charge in [-0.2, -0.15) is 0 Å². The molecule has 0 unspecified atom stereocenters. The molecule has 5 rings (SSSR count). The molecule has 0 radical (unpaired) electrons. The summed E-state index contributed by atoms with van der Waals surface area (Å²) in [6, 6.07) is 23.9. The van der Waals surface area contributed by atoms with Gasteiger partial charge >= 0.3 is 5.97 Å². The van der Waals surface area contributed by atoms with Crippen molar-refractivity contribution in [3.05, 3.63) is 114 Å². The number of halogens is 1. The lowest BCUT2D eigenvalue weighted by atomic mass is 10.0. The number of fused-ring (bicyclic) bond motifs is 1. The third kappa shape index (κ3) is 5.57. The number of nitrogens with zero attached hydrogens (tertiary/aromatic N) is 3. The Balaban J connectivity index is 1.49. The van der Waals surface area contributed by atoms with Gasteiger partial charge in [-0.25, -0.2) is 9.92 Å². The monoisotopic (exact) mass is 549 g/mol. The minimum absolute atomic E-state index is 0.158. The van der Waals surface area contributed by atoms with E-state index in [2.05, 4.69) is 29.1 Å². The average molecular weight is 550 g/mol. The van der Waals surface area contributed by atoms with Gasteiger partial charge in [0.25, 0.3) is 0 Å². The Morgan fingerprint density at radius 1 is 1.02 bits per heavy atom. The number of carbonyl (C=O) groups excluding carboxylic acids is 1. The SMILES string of the molecule is C=Cc1ccc(COc2cc(N(F)CC)ccc2OC(=O)c2cccnc2-c2c(C)n(CC)c3ccccc23)cc1. The molecule has 0 aliphatic carbocycles. The van der Waals surface area contributed by atoms with Crippen LogP contribution in [0.2, 0.25) is 0 Å². The number of aryl methyl sites for hydroxylation is 1. The van der Waals surface area contributed by atoms with E-state index in [1.807, 2.05) is 49.4 Å². The lowest BCUT2D eigenvalue weighted by molar-refractivity contribution is 0.0728. The number of carbonyl (C=O) groups is 1. The maximum Gasteiger partial charge on any atom is 0.345 e. The molecule has 0 saturated carbocycles. The van der Waals surface area contributed by atoms with E-state index in [9.17, 15) is 9.28 Å². The second-order valence-corrected chi connectivity index (χ2v) is 9.55. The molecule has 0 bridgehead atoms. The molecule has 7 heteroatoms. The van der Waals surface area contributed by atoms with Gasteiger partial charge < -0.3 is 14.0 Å². The van der Waals surface area contributed by atoms with Crippen LogP contribution in [0, 0.1) is 6.92 Å². The van der Waals surface area contributed by atoms with Crippen LogP contribution >= 0.6 is 0 Å². The van der Waals surface area contributed by atoms with E-state index in [-0.39, 0.29) is 24.7 Å². The molecule has 2 aromatic heterocycles. The van der Waals surface area contributed by atoms with E-state index in [0.29, 0.717) is 22.1 Å². The number of pyridine rings is 1. The molecule has 0 aliphatic rings. The van der Waals surface area contributed by atoms with Crippen molar-refractivity contribution in [1.82, 2.24) is 9.55 Å². The van der Waals surface area contributed by atoms with Crippen molar-refractivity contribution in [2.24, 2.45) is 0 Å². The molecule has 0 fully saturated rings. The molecule has 5 aromatic rings. The number of aromatic nitrogens is 2. The van der Waals surface area contributed by atoms with Gasteiger partial charge in [0.05, 0.1) is 16.9 Å². The van der Waals surface area contributed by atoms with E-state index in [0.717, 1.165) is 39.8 Å². The van der Waals surface area contributed by atoms with Crippen LogP contribution in [0.15, 0.2) is 91.6 Å². The van der Waals surface area contributed by atoms with E-state index >= 15 is 0 Å². The van der Waals surface area contributed by atoms with E-state index in [1.54, 1.807) is 43.5 Å². The summed E-state index contributed by atoms with van der Waals surface area (Å²) in [4.78, 5) is 18.3. The second kappa shape index (κ2) is 12.1. The normalized spacial score (nSPS) is 10.9. The summed E-state index contributed by atoms with van der Waals surface area (Å²) in [5, 5.41) is 1.61. The fourth-order valence-electron chi connectivity index (χ4n) is 5.00. The van der Waals surface area contributed by atoms with E-state index in [1.165, 1.54) is 6.07 Å². The Bertz CT molecular complexity index is 1710. The van der Waals surface area contributed by atoms with Crippen molar-refractivity contribution in [2.45, 2.75) is 33.9 Å². The van der Waals surface area contributed by atoms with Crippen LogP contribution in [-0.2, 0) is 13.2 Å². The molecule has 0 atom stereocenters. The Morgan fingerprint density at radius 2 is 1.80 bits per heavy atom. The number of anilines is 1. The zero-order chi connectivity index (χ0) is 28.9. The largest absolute Gasteiger partial charge is 0.485 e. The summed E-state index contributed by atoms with van der Waals surface area (Å²) in [7, 11) is 0. The number of hydrogen-bond acceptors (Lipinski definition) is 5. The molecular formula is C34H32FN3O3. The highest BCUT2D eigenvalue weighted by Gasteiger charge is 2.23. The fourth-order valence-corrected chi connectivity index (χ4v) is 5.00. The third-order valence-electron chi connectivity index (χ3n) is 7.11. The van der Waals surface area contributed by atoms with Crippen molar-refractivity contribution >= 4 is 28.6 Å². The fraction of sp³-hybridized carbons (Fsp3) is 0.176. The molecule has 6 nitrogen and oxygen atoms in total. The van der Waals surface area contributed by atoms with Crippen LogP contribution in [0.4, 0.5) is 10.2 Å². The zero-order valence-electron chi connectivity index (χ0n) is 23.4. The van der Waals surface area contributed by atoms with Gasteiger partial charge in [-0.15, -0.1) is 0 Å². The number of rotatable bonds is 10. The average Bonchev–Trinajstić information content (AvgIpc) is 3.30. The van der Waals surface area contributed by atoms with Crippen molar-refractivity contribution < 1.29 is 18.7 Å². The van der Waals surface area contributed by atoms with Gasteiger partial charge in [0.15, 0.2) is 11.5 Å². The summed E-state index contributed by atoms with van der Waals surface area (Å²) in [5.74, 6) is -0.140. The molecule has 0 aliphatic heterocycles. The van der Waals surface area contributed by atoms with Gasteiger partial charge in [0.1, 0.15) is 6.61 Å². The highest BCUT2D eigenvalue weighted by atomic mass is 19.2. The standard InChI is InChI=1S/C34H32FN3O3/c1-5-24-14-16-25(17-15-24)22-40-31-21-26(38(35)7-3)18-19-30(31)41-34(39)28-12-10-20-36-33(28)32-23(4)37(6-2)29-13-9-8-11-27(29)32/h5,8-21H,1,6-7,22H2,2-4H3. The predicted molar refractivity (Wildman–Crippen MR) is 162 cm³/mol. The maximum absolute atomic E-state index is 14.4. The highest BCUT2D eigenvalue weighted by molar-refractivity contribution is 6.04. The molecular weight excluding hydrogens is 517 g/mol. The van der Waals surface area contributed by atoms with Crippen LogP contribution in [0.1, 0.15) is 41.0 Å². The maximum atomic E-state index is 14.4. The van der Waals surface area contributed by atoms with Crippen LogP contribution in [-0.4, -0.2) is 22.1 Å². The second-order valence-electron chi connectivity index (χ2n) is 9.55. The van der Waals surface area contributed by atoms with Crippen LogP contribution in [0.25, 0.3) is 28.2 Å². The van der Waals surface area contributed by atoms with Crippen LogP contribution < -0.4 is 14.6 Å².